The first-order valence-electron chi connectivity index (χ1n) is 6.23. The summed E-state index contributed by atoms with van der Waals surface area (Å²) in [7, 11) is 1.87. The standard InChI is InChI=1S/C14H21NO3/c1-4-11-6-8-12(9-7-11)15(3)10-13(14(16)17)18-5-2/h6-9,13H,4-5,10H2,1-3H3,(H,16,17). The molecule has 18 heavy (non-hydrogen) atoms. The van der Waals surface area contributed by atoms with Crippen LogP contribution in [-0.4, -0.2) is 37.4 Å². The van der Waals surface area contributed by atoms with Crippen LogP contribution in [0.3, 0.4) is 0 Å². The molecule has 4 heteroatoms. The largest absolute Gasteiger partial charge is 0.479 e. The molecular formula is C14H21NO3. The van der Waals surface area contributed by atoms with Crippen LogP contribution in [0.1, 0.15) is 19.4 Å². The number of hydrogen-bond acceptors (Lipinski definition) is 3. The highest BCUT2D eigenvalue weighted by atomic mass is 16.5. The number of hydrogen-bond donors (Lipinski definition) is 1. The van der Waals surface area contributed by atoms with Gasteiger partial charge in [0.25, 0.3) is 0 Å². The Labute approximate surface area is 108 Å². The summed E-state index contributed by atoms with van der Waals surface area (Å²) in [5.41, 5.74) is 2.27. The van der Waals surface area contributed by atoms with Gasteiger partial charge in [-0.25, -0.2) is 4.79 Å². The lowest BCUT2D eigenvalue weighted by Gasteiger charge is -2.23. The van der Waals surface area contributed by atoms with Gasteiger partial charge in [0.2, 0.25) is 0 Å². The van der Waals surface area contributed by atoms with Crippen LogP contribution in [0.25, 0.3) is 0 Å². The van der Waals surface area contributed by atoms with E-state index in [1.807, 2.05) is 24.1 Å². The van der Waals surface area contributed by atoms with E-state index in [0.29, 0.717) is 13.2 Å². The molecule has 1 atom stereocenters. The van der Waals surface area contributed by atoms with Crippen LogP contribution in [0.2, 0.25) is 0 Å². The van der Waals surface area contributed by atoms with E-state index in [1.165, 1.54) is 5.56 Å². The molecule has 0 bridgehead atoms. The fourth-order valence-corrected chi connectivity index (χ4v) is 1.74. The molecule has 0 heterocycles. The average molecular weight is 251 g/mol. The second kappa shape index (κ2) is 7.01. The molecule has 0 aliphatic rings. The van der Waals surface area contributed by atoms with Crippen LogP contribution >= 0.6 is 0 Å². The van der Waals surface area contributed by atoms with Crippen LogP contribution in [0.4, 0.5) is 5.69 Å². The summed E-state index contributed by atoms with van der Waals surface area (Å²) in [6.07, 6.45) is 0.214. The first kappa shape index (κ1) is 14.5. The fraction of sp³-hybridized carbons (Fsp3) is 0.500. The van der Waals surface area contributed by atoms with Crippen molar-refractivity contribution in [3.63, 3.8) is 0 Å². The molecule has 0 saturated heterocycles. The zero-order valence-corrected chi connectivity index (χ0v) is 11.2. The monoisotopic (exact) mass is 251 g/mol. The SMILES string of the molecule is CCOC(CN(C)c1ccc(CC)cc1)C(=O)O. The van der Waals surface area contributed by atoms with E-state index in [4.69, 9.17) is 9.84 Å². The van der Waals surface area contributed by atoms with Gasteiger partial charge in [0.05, 0.1) is 6.54 Å². The molecule has 1 aromatic carbocycles. The Morgan fingerprint density at radius 1 is 1.33 bits per heavy atom. The average Bonchev–Trinajstić information content (AvgIpc) is 2.38. The van der Waals surface area contributed by atoms with E-state index in [9.17, 15) is 4.79 Å². The minimum atomic E-state index is -0.922. The number of aliphatic carboxylic acids is 1. The van der Waals surface area contributed by atoms with Crippen molar-refractivity contribution in [2.75, 3.05) is 25.1 Å². The number of carbonyl (C=O) groups is 1. The minimum absolute atomic E-state index is 0.342. The molecule has 0 aliphatic heterocycles. The van der Waals surface area contributed by atoms with Gasteiger partial charge in [0, 0.05) is 19.3 Å². The molecule has 0 spiro atoms. The molecule has 0 aromatic heterocycles. The maximum Gasteiger partial charge on any atom is 0.334 e. The van der Waals surface area contributed by atoms with E-state index in [0.717, 1.165) is 12.1 Å². The molecule has 1 unspecified atom stereocenters. The van der Waals surface area contributed by atoms with Crippen LogP contribution < -0.4 is 4.90 Å². The van der Waals surface area contributed by atoms with Gasteiger partial charge in [-0.3, -0.25) is 0 Å². The third-order valence-electron chi connectivity index (χ3n) is 2.87. The highest BCUT2D eigenvalue weighted by molar-refractivity contribution is 5.73. The number of carboxylic acids is 1. The van der Waals surface area contributed by atoms with Gasteiger partial charge in [-0.15, -0.1) is 0 Å². The Morgan fingerprint density at radius 2 is 1.94 bits per heavy atom. The van der Waals surface area contributed by atoms with Gasteiger partial charge in [-0.05, 0) is 31.0 Å². The van der Waals surface area contributed by atoms with Gasteiger partial charge in [-0.1, -0.05) is 19.1 Å². The molecule has 0 aliphatic carbocycles. The number of carboxylic acid groups (broad SMARTS) is 1. The smallest absolute Gasteiger partial charge is 0.334 e. The Kier molecular flexibility index (Phi) is 5.65. The molecule has 1 N–H and O–H groups in total. The third-order valence-corrected chi connectivity index (χ3v) is 2.87. The van der Waals surface area contributed by atoms with Crippen LogP contribution in [0, 0.1) is 0 Å². The second-order valence-corrected chi connectivity index (χ2v) is 4.18. The normalized spacial score (nSPS) is 12.2. The summed E-state index contributed by atoms with van der Waals surface area (Å²) >= 11 is 0. The first-order valence-corrected chi connectivity index (χ1v) is 6.23. The molecule has 0 saturated carbocycles. The lowest BCUT2D eigenvalue weighted by Crippen LogP contribution is -2.36. The molecule has 0 amide bonds. The molecule has 100 valence electrons. The third kappa shape index (κ3) is 4.04. The minimum Gasteiger partial charge on any atom is -0.479 e. The van der Waals surface area contributed by atoms with Crippen molar-refractivity contribution in [2.24, 2.45) is 0 Å². The molecule has 0 radical (unpaired) electrons. The second-order valence-electron chi connectivity index (χ2n) is 4.18. The summed E-state index contributed by atoms with van der Waals surface area (Å²) in [5.74, 6) is -0.922. The van der Waals surface area contributed by atoms with Crippen molar-refractivity contribution in [2.45, 2.75) is 26.4 Å². The molecule has 1 rings (SSSR count). The van der Waals surface area contributed by atoms with Crippen molar-refractivity contribution in [3.8, 4) is 0 Å². The Balaban J connectivity index is 2.67. The number of anilines is 1. The van der Waals surface area contributed by atoms with Crippen LogP contribution in [0.5, 0.6) is 0 Å². The fourth-order valence-electron chi connectivity index (χ4n) is 1.74. The maximum absolute atomic E-state index is 11.0. The number of likely N-dealkylation sites (N-methyl/N-ethyl adjacent to an activating group) is 1. The van der Waals surface area contributed by atoms with Gasteiger partial charge < -0.3 is 14.7 Å². The van der Waals surface area contributed by atoms with Crippen molar-refractivity contribution in [1.82, 2.24) is 0 Å². The lowest BCUT2D eigenvalue weighted by molar-refractivity contribution is -0.149. The van der Waals surface area contributed by atoms with Crippen molar-refractivity contribution >= 4 is 11.7 Å². The highest BCUT2D eigenvalue weighted by Crippen LogP contribution is 2.15. The lowest BCUT2D eigenvalue weighted by atomic mass is 10.1. The number of benzene rings is 1. The van der Waals surface area contributed by atoms with Crippen molar-refractivity contribution < 1.29 is 14.6 Å². The molecular weight excluding hydrogens is 230 g/mol. The summed E-state index contributed by atoms with van der Waals surface area (Å²) in [5, 5.41) is 9.03. The van der Waals surface area contributed by atoms with Gasteiger partial charge in [0.15, 0.2) is 6.10 Å². The van der Waals surface area contributed by atoms with Gasteiger partial charge in [0.1, 0.15) is 0 Å². The molecule has 1 aromatic rings. The molecule has 4 nitrogen and oxygen atoms in total. The first-order chi connectivity index (χ1) is 8.58. The number of ether oxygens (including phenoxy) is 1. The topological polar surface area (TPSA) is 49.8 Å². The van der Waals surface area contributed by atoms with Crippen molar-refractivity contribution in [1.29, 1.82) is 0 Å². The Hall–Kier alpha value is -1.55. The zero-order chi connectivity index (χ0) is 13.5. The van der Waals surface area contributed by atoms with Gasteiger partial charge in [-0.2, -0.15) is 0 Å². The number of aryl methyl sites for hydroxylation is 1. The predicted octanol–water partition coefficient (Wildman–Crippen LogP) is 2.17. The summed E-state index contributed by atoms with van der Waals surface area (Å²) < 4.78 is 5.20. The Bertz CT molecular complexity index is 375. The number of rotatable bonds is 7. The Morgan fingerprint density at radius 3 is 2.39 bits per heavy atom. The highest BCUT2D eigenvalue weighted by Gasteiger charge is 2.19. The van der Waals surface area contributed by atoms with E-state index >= 15 is 0 Å². The van der Waals surface area contributed by atoms with Crippen molar-refractivity contribution in [3.05, 3.63) is 29.8 Å². The van der Waals surface area contributed by atoms with Crippen LogP contribution in [0.15, 0.2) is 24.3 Å². The maximum atomic E-state index is 11.0. The van der Waals surface area contributed by atoms with Gasteiger partial charge >= 0.3 is 5.97 Å². The van der Waals surface area contributed by atoms with E-state index in [1.54, 1.807) is 6.92 Å². The quantitative estimate of drug-likeness (QED) is 0.807. The van der Waals surface area contributed by atoms with E-state index in [-0.39, 0.29) is 0 Å². The summed E-state index contributed by atoms with van der Waals surface area (Å²) in [6.45, 7) is 4.65. The van der Waals surface area contributed by atoms with Crippen LogP contribution in [-0.2, 0) is 16.0 Å². The molecule has 0 fully saturated rings. The van der Waals surface area contributed by atoms with E-state index in [2.05, 4.69) is 19.1 Å². The zero-order valence-electron chi connectivity index (χ0n) is 11.2. The predicted molar refractivity (Wildman–Crippen MR) is 72.1 cm³/mol. The number of nitrogens with zero attached hydrogens (tertiary/aromatic N) is 1. The summed E-state index contributed by atoms with van der Waals surface area (Å²) in [4.78, 5) is 12.9. The summed E-state index contributed by atoms with van der Waals surface area (Å²) in [6, 6.07) is 8.12. The van der Waals surface area contributed by atoms with E-state index < -0.39 is 12.1 Å².